The molecule has 5 heterocycles. The molecule has 0 amide bonds. The van der Waals surface area contributed by atoms with E-state index >= 15 is 0 Å². The molecule has 7 rings (SSSR count). The van der Waals surface area contributed by atoms with E-state index in [0.29, 0.717) is 37.5 Å². The summed E-state index contributed by atoms with van der Waals surface area (Å²) in [6.07, 6.45) is 3.88. The molecule has 10 heteroatoms. The number of hydrogen-bond acceptors (Lipinski definition) is 7. The fraction of sp³-hybridized carbons (Fsp3) is 0.478. The van der Waals surface area contributed by atoms with Gasteiger partial charge >= 0.3 is 34.7 Å². The Hall–Kier alpha value is -1.17. The van der Waals surface area contributed by atoms with E-state index in [-0.39, 0.29) is 40.7 Å². The summed E-state index contributed by atoms with van der Waals surface area (Å²) in [6.45, 7) is 4.06. The zero-order valence-corrected chi connectivity index (χ0v) is 18.7. The van der Waals surface area contributed by atoms with Gasteiger partial charge in [0, 0.05) is 28.9 Å². The zero-order chi connectivity index (χ0) is 21.8. The van der Waals surface area contributed by atoms with Crippen LogP contribution in [0.1, 0.15) is 24.1 Å². The molecule has 170 valence electrons. The number of pyridine rings is 1. The van der Waals surface area contributed by atoms with Crippen molar-refractivity contribution >= 4 is 51.8 Å². The van der Waals surface area contributed by atoms with Crippen LogP contribution in [0.5, 0.6) is 5.75 Å². The summed E-state index contributed by atoms with van der Waals surface area (Å²) in [5.41, 5.74) is 2.95. The van der Waals surface area contributed by atoms with E-state index in [1.165, 1.54) is 0 Å². The second-order valence-electron chi connectivity index (χ2n) is 8.96. The van der Waals surface area contributed by atoms with Crippen molar-refractivity contribution < 1.29 is 23.5 Å². The van der Waals surface area contributed by atoms with Crippen LogP contribution in [0.4, 0.5) is 0 Å². The van der Waals surface area contributed by atoms with Crippen LogP contribution in [-0.4, -0.2) is 81.5 Å². The molecule has 8 nitrogen and oxygen atoms in total. The van der Waals surface area contributed by atoms with Gasteiger partial charge in [-0.1, -0.05) is 12.1 Å². The second kappa shape index (κ2) is 9.13. The molecule has 1 saturated carbocycles. The summed E-state index contributed by atoms with van der Waals surface area (Å²) in [5.74, 6) is 0.519. The van der Waals surface area contributed by atoms with Crippen LogP contribution in [0.15, 0.2) is 41.7 Å². The van der Waals surface area contributed by atoms with Gasteiger partial charge in [0.05, 0.1) is 42.0 Å². The molecular formula is C23H26N3NaO5S. The van der Waals surface area contributed by atoms with Gasteiger partial charge in [-0.3, -0.25) is 9.97 Å². The Bertz CT molecular complexity index is 1100. The Labute approximate surface area is 217 Å². The molecule has 1 atom stereocenters. The van der Waals surface area contributed by atoms with Crippen LogP contribution in [0.3, 0.4) is 0 Å². The molecule has 1 aliphatic carbocycles. The van der Waals surface area contributed by atoms with E-state index in [9.17, 15) is 4.55 Å². The minimum atomic E-state index is -1.35. The third-order valence-electron chi connectivity index (χ3n) is 6.46. The van der Waals surface area contributed by atoms with Gasteiger partial charge < -0.3 is 23.5 Å². The Kier molecular flexibility index (Phi) is 6.52. The normalized spacial score (nSPS) is 27.3. The number of hydrogen-bond donors (Lipinski definition) is 1. The summed E-state index contributed by atoms with van der Waals surface area (Å²) in [4.78, 5) is 12.0. The standard InChI is InChI=1S/C23H25N3O5S.Na.H/c1-15-19(10-32(27)21-25-17-4-2-3-5-18(17)26-21)24-9-8-20(15)28-11-22-12-29-23(30-13-22,31-14-22)16-6-7-16;;/h2-5,8-9,16H,6-7,10-14H2,1H3,(H,25,26);;. The number of ether oxygens (including phenoxy) is 4. The Morgan fingerprint density at radius 1 is 1.15 bits per heavy atom. The van der Waals surface area contributed by atoms with Gasteiger partial charge in [-0.15, -0.1) is 0 Å². The summed E-state index contributed by atoms with van der Waals surface area (Å²) < 4.78 is 37.0. The molecule has 3 aliphatic heterocycles. The summed E-state index contributed by atoms with van der Waals surface area (Å²) in [5, 5.41) is 0.451. The molecule has 33 heavy (non-hydrogen) atoms. The van der Waals surface area contributed by atoms with Gasteiger partial charge in [-0.25, -0.2) is 0 Å². The van der Waals surface area contributed by atoms with Crippen LogP contribution in [0.2, 0.25) is 0 Å². The molecule has 4 fully saturated rings. The molecular weight excluding hydrogens is 453 g/mol. The van der Waals surface area contributed by atoms with Crippen LogP contribution in [0.25, 0.3) is 11.0 Å². The fourth-order valence-electron chi connectivity index (χ4n) is 4.25. The topological polar surface area (TPSA) is 102 Å². The zero-order valence-electron chi connectivity index (χ0n) is 17.8. The van der Waals surface area contributed by atoms with Crippen molar-refractivity contribution in [3.05, 3.63) is 47.8 Å². The van der Waals surface area contributed by atoms with E-state index in [0.717, 1.165) is 40.9 Å². The van der Waals surface area contributed by atoms with Crippen LogP contribution in [-0.2, 0) is 31.1 Å². The number of para-hydroxylation sites is 2. The van der Waals surface area contributed by atoms with Crippen molar-refractivity contribution in [1.82, 2.24) is 15.0 Å². The maximum atomic E-state index is 12.9. The quantitative estimate of drug-likeness (QED) is 0.410. The fourth-order valence-corrected chi connectivity index (χ4v) is 5.35. The number of imidazole rings is 1. The number of aromatic nitrogens is 3. The summed E-state index contributed by atoms with van der Waals surface area (Å²) in [7, 11) is 0. The molecule has 3 aromatic rings. The number of rotatable bonds is 7. The third kappa shape index (κ3) is 4.46. The van der Waals surface area contributed by atoms with Crippen molar-refractivity contribution in [3.8, 4) is 5.75 Å². The van der Waals surface area contributed by atoms with E-state index in [2.05, 4.69) is 15.0 Å². The molecule has 2 bridgehead atoms. The molecule has 2 aromatic heterocycles. The SMILES string of the molecule is Cc1c(OCC23COC(C4CC4)(OC2)OC3)ccnc1C[S+]([O-])c1nc2ccccc2[nH]1.[NaH]. The maximum absolute atomic E-state index is 12.9. The van der Waals surface area contributed by atoms with Gasteiger partial charge in [-0.05, 0) is 38.0 Å². The number of aromatic amines is 1. The molecule has 0 spiro atoms. The van der Waals surface area contributed by atoms with Gasteiger partial charge in [0.25, 0.3) is 5.97 Å². The first-order valence-corrected chi connectivity index (χ1v) is 12.2. The van der Waals surface area contributed by atoms with E-state index in [4.69, 9.17) is 18.9 Å². The number of benzene rings is 1. The number of H-pyrrole nitrogens is 1. The van der Waals surface area contributed by atoms with Crippen LogP contribution in [0, 0.1) is 18.3 Å². The molecule has 1 aromatic carbocycles. The first-order valence-electron chi connectivity index (χ1n) is 10.9. The van der Waals surface area contributed by atoms with E-state index in [1.807, 2.05) is 37.3 Å². The predicted octanol–water partition coefficient (Wildman–Crippen LogP) is 2.43. The molecule has 3 saturated heterocycles. The Morgan fingerprint density at radius 3 is 2.58 bits per heavy atom. The van der Waals surface area contributed by atoms with Crippen molar-refractivity contribution in [2.75, 3.05) is 26.4 Å². The number of nitrogens with one attached hydrogen (secondary N) is 1. The molecule has 1 N–H and O–H groups in total. The third-order valence-corrected chi connectivity index (χ3v) is 7.62. The number of nitrogens with zero attached hydrogens (tertiary/aromatic N) is 2. The average Bonchev–Trinajstić information content (AvgIpc) is 3.60. The average molecular weight is 480 g/mol. The van der Waals surface area contributed by atoms with Gasteiger partial charge in [0.2, 0.25) is 0 Å². The minimum absolute atomic E-state index is 0. The number of fused-ring (bicyclic) bond motifs is 4. The summed E-state index contributed by atoms with van der Waals surface area (Å²) in [6, 6.07) is 9.48. The van der Waals surface area contributed by atoms with Gasteiger partial charge in [0.15, 0.2) is 5.75 Å². The van der Waals surface area contributed by atoms with Gasteiger partial charge in [0.1, 0.15) is 12.4 Å². The Balaban J connectivity index is 0.00000228. The van der Waals surface area contributed by atoms with E-state index < -0.39 is 17.1 Å². The van der Waals surface area contributed by atoms with Crippen molar-refractivity contribution in [1.29, 1.82) is 0 Å². The Morgan fingerprint density at radius 2 is 1.88 bits per heavy atom. The van der Waals surface area contributed by atoms with E-state index in [1.54, 1.807) is 6.20 Å². The second-order valence-corrected chi connectivity index (χ2v) is 10.3. The monoisotopic (exact) mass is 479 g/mol. The summed E-state index contributed by atoms with van der Waals surface area (Å²) >= 11 is -1.35. The van der Waals surface area contributed by atoms with Crippen LogP contribution >= 0.6 is 0 Å². The van der Waals surface area contributed by atoms with Crippen molar-refractivity contribution in [3.63, 3.8) is 0 Å². The van der Waals surface area contributed by atoms with Gasteiger partial charge in [-0.2, -0.15) is 4.98 Å². The first-order chi connectivity index (χ1) is 15.6. The molecule has 0 radical (unpaired) electrons. The van der Waals surface area contributed by atoms with Crippen molar-refractivity contribution in [2.45, 2.75) is 36.6 Å². The van der Waals surface area contributed by atoms with Crippen LogP contribution < -0.4 is 4.74 Å². The first kappa shape index (κ1) is 23.6. The molecule has 4 aliphatic rings. The predicted molar refractivity (Wildman–Crippen MR) is 124 cm³/mol. The van der Waals surface area contributed by atoms with Crippen molar-refractivity contribution in [2.24, 2.45) is 11.3 Å². The molecule has 1 unspecified atom stereocenters.